The summed E-state index contributed by atoms with van der Waals surface area (Å²) in [6.07, 6.45) is 3.54. The Kier molecular flexibility index (Phi) is 7.41. The van der Waals surface area contributed by atoms with Crippen molar-refractivity contribution in [3.05, 3.63) is 18.2 Å². The number of hydrogen-bond donors (Lipinski definition) is 2. The average Bonchev–Trinajstić information content (AvgIpc) is 3.38. The highest BCUT2D eigenvalue weighted by molar-refractivity contribution is 14.0. The van der Waals surface area contributed by atoms with Gasteiger partial charge < -0.3 is 20.5 Å². The van der Waals surface area contributed by atoms with Crippen molar-refractivity contribution >= 4 is 35.6 Å². The number of ether oxygens (including phenoxy) is 2. The second-order valence-corrected chi connectivity index (χ2v) is 5.96. The first kappa shape index (κ1) is 19.1. The first-order valence-corrected chi connectivity index (χ1v) is 8.47. The third-order valence-corrected chi connectivity index (χ3v) is 4.16. The first-order chi connectivity index (χ1) is 11.3. The lowest BCUT2D eigenvalue weighted by Crippen LogP contribution is -2.30. The highest BCUT2D eigenvalue weighted by Gasteiger charge is 2.27. The van der Waals surface area contributed by atoms with Crippen molar-refractivity contribution in [2.75, 3.05) is 38.2 Å². The summed E-state index contributed by atoms with van der Waals surface area (Å²) < 4.78 is 11.3. The molecule has 134 valence electrons. The van der Waals surface area contributed by atoms with Gasteiger partial charge in [0.2, 0.25) is 0 Å². The van der Waals surface area contributed by atoms with Crippen LogP contribution in [-0.4, -0.2) is 49.7 Å². The molecule has 0 aromatic heterocycles. The van der Waals surface area contributed by atoms with Gasteiger partial charge in [-0.25, -0.2) is 0 Å². The standard InChI is InChI=1S/C17H26N4O2.HI/c1-2-21(14-5-6-14)9-8-19-17(18)20-13-4-7-15-16(12-13)23-11-3-10-22-15;/h4,7,12,14H,2-3,5-6,8-11H2,1H3,(H3,18,19,20);1H. The molecule has 2 aliphatic rings. The van der Waals surface area contributed by atoms with Crippen molar-refractivity contribution in [2.45, 2.75) is 32.2 Å². The molecule has 1 saturated carbocycles. The zero-order valence-corrected chi connectivity index (χ0v) is 16.5. The predicted molar refractivity (Wildman–Crippen MR) is 108 cm³/mol. The van der Waals surface area contributed by atoms with E-state index >= 15 is 0 Å². The summed E-state index contributed by atoms with van der Waals surface area (Å²) >= 11 is 0. The molecule has 6 nitrogen and oxygen atoms in total. The molecule has 0 unspecified atom stereocenters. The molecule has 7 heteroatoms. The van der Waals surface area contributed by atoms with E-state index in [1.807, 2.05) is 18.2 Å². The van der Waals surface area contributed by atoms with E-state index in [9.17, 15) is 0 Å². The van der Waals surface area contributed by atoms with Crippen molar-refractivity contribution in [1.82, 2.24) is 4.90 Å². The van der Waals surface area contributed by atoms with Gasteiger partial charge in [0.05, 0.1) is 19.8 Å². The van der Waals surface area contributed by atoms with Crippen molar-refractivity contribution in [1.29, 1.82) is 0 Å². The number of guanidine groups is 1. The van der Waals surface area contributed by atoms with E-state index in [-0.39, 0.29) is 24.0 Å². The van der Waals surface area contributed by atoms with Crippen molar-refractivity contribution in [3.8, 4) is 11.5 Å². The summed E-state index contributed by atoms with van der Waals surface area (Å²) in [5.41, 5.74) is 6.85. The maximum Gasteiger partial charge on any atom is 0.193 e. The summed E-state index contributed by atoms with van der Waals surface area (Å²) in [5.74, 6) is 1.98. The van der Waals surface area contributed by atoms with Gasteiger partial charge in [-0.15, -0.1) is 24.0 Å². The summed E-state index contributed by atoms with van der Waals surface area (Å²) in [7, 11) is 0. The molecular formula is C17H27IN4O2. The van der Waals surface area contributed by atoms with Crippen LogP contribution in [0.5, 0.6) is 11.5 Å². The Labute approximate surface area is 160 Å². The van der Waals surface area contributed by atoms with Gasteiger partial charge in [0.1, 0.15) is 0 Å². The minimum absolute atomic E-state index is 0. The van der Waals surface area contributed by atoms with Crippen molar-refractivity contribution in [2.24, 2.45) is 10.7 Å². The fourth-order valence-electron chi connectivity index (χ4n) is 2.77. The molecule has 1 fully saturated rings. The van der Waals surface area contributed by atoms with Crippen molar-refractivity contribution < 1.29 is 9.47 Å². The van der Waals surface area contributed by atoms with E-state index < -0.39 is 0 Å². The van der Waals surface area contributed by atoms with Gasteiger partial charge in [-0.1, -0.05) is 6.92 Å². The molecule has 0 radical (unpaired) electrons. The van der Waals surface area contributed by atoms with E-state index in [0.29, 0.717) is 25.7 Å². The monoisotopic (exact) mass is 446 g/mol. The van der Waals surface area contributed by atoms with E-state index in [4.69, 9.17) is 15.2 Å². The Morgan fingerprint density at radius 3 is 2.75 bits per heavy atom. The van der Waals surface area contributed by atoms with E-state index in [1.54, 1.807) is 0 Å². The van der Waals surface area contributed by atoms with E-state index in [0.717, 1.165) is 42.7 Å². The molecule has 0 amide bonds. The minimum Gasteiger partial charge on any atom is -0.490 e. The zero-order valence-electron chi connectivity index (χ0n) is 14.2. The zero-order chi connectivity index (χ0) is 16.1. The second kappa shape index (κ2) is 9.31. The Morgan fingerprint density at radius 2 is 2.04 bits per heavy atom. The number of nitrogens with zero attached hydrogens (tertiary/aromatic N) is 2. The highest BCUT2D eigenvalue weighted by atomic mass is 127. The fraction of sp³-hybridized carbons (Fsp3) is 0.588. The topological polar surface area (TPSA) is 72.1 Å². The quantitative estimate of drug-likeness (QED) is 0.400. The number of hydrogen-bond acceptors (Lipinski definition) is 4. The molecule has 1 heterocycles. The Balaban J connectivity index is 0.00000208. The van der Waals surface area contributed by atoms with Crippen LogP contribution >= 0.6 is 24.0 Å². The van der Waals surface area contributed by atoms with Crippen LogP contribution in [0.2, 0.25) is 0 Å². The van der Waals surface area contributed by atoms with Crippen LogP contribution in [0.4, 0.5) is 5.69 Å². The van der Waals surface area contributed by atoms with Crippen LogP contribution in [0.25, 0.3) is 0 Å². The lowest BCUT2D eigenvalue weighted by molar-refractivity contribution is 0.286. The van der Waals surface area contributed by atoms with Crippen LogP contribution in [0.15, 0.2) is 23.2 Å². The lowest BCUT2D eigenvalue weighted by Gasteiger charge is -2.18. The SMILES string of the molecule is CCN(CCN=C(N)Nc1ccc2c(c1)OCCCO2)C1CC1.I. The van der Waals surface area contributed by atoms with Crippen molar-refractivity contribution in [3.63, 3.8) is 0 Å². The van der Waals surface area contributed by atoms with E-state index in [1.165, 1.54) is 12.8 Å². The molecule has 0 bridgehead atoms. The maximum atomic E-state index is 5.98. The summed E-state index contributed by atoms with van der Waals surface area (Å²) in [6, 6.07) is 6.51. The first-order valence-electron chi connectivity index (χ1n) is 8.47. The molecule has 0 spiro atoms. The molecule has 1 aromatic rings. The number of benzene rings is 1. The molecular weight excluding hydrogens is 419 g/mol. The van der Waals surface area contributed by atoms with Gasteiger partial charge in [-0.05, 0) is 31.5 Å². The largest absolute Gasteiger partial charge is 0.490 e. The number of nitrogens with two attached hydrogens (primary N) is 1. The number of anilines is 1. The Bertz CT molecular complexity index is 564. The third-order valence-electron chi connectivity index (χ3n) is 4.16. The molecule has 1 aromatic carbocycles. The van der Waals surface area contributed by atoms with Crippen LogP contribution in [-0.2, 0) is 0 Å². The number of likely N-dealkylation sites (N-methyl/N-ethyl adjacent to an activating group) is 1. The van der Waals surface area contributed by atoms with Gasteiger partial charge >= 0.3 is 0 Å². The normalized spacial score (nSPS) is 17.2. The molecule has 1 aliphatic heterocycles. The van der Waals surface area contributed by atoms with Crippen LogP contribution in [0, 0.1) is 0 Å². The molecule has 3 rings (SSSR count). The predicted octanol–water partition coefficient (Wildman–Crippen LogP) is 2.68. The van der Waals surface area contributed by atoms with Gasteiger partial charge in [0.25, 0.3) is 0 Å². The molecule has 0 saturated heterocycles. The van der Waals surface area contributed by atoms with E-state index in [2.05, 4.69) is 22.1 Å². The minimum atomic E-state index is 0. The summed E-state index contributed by atoms with van der Waals surface area (Å²) in [4.78, 5) is 6.88. The number of nitrogens with one attached hydrogen (secondary N) is 1. The Hall–Kier alpha value is -1.22. The number of rotatable bonds is 6. The highest BCUT2D eigenvalue weighted by Crippen LogP contribution is 2.32. The summed E-state index contributed by atoms with van der Waals surface area (Å²) in [5, 5.41) is 3.12. The van der Waals surface area contributed by atoms with Crippen LogP contribution in [0.1, 0.15) is 26.2 Å². The lowest BCUT2D eigenvalue weighted by atomic mass is 10.3. The molecule has 1 aliphatic carbocycles. The molecule has 3 N–H and O–H groups in total. The maximum absolute atomic E-state index is 5.98. The van der Waals surface area contributed by atoms with Gasteiger partial charge in [0, 0.05) is 30.8 Å². The third kappa shape index (κ3) is 5.41. The molecule has 24 heavy (non-hydrogen) atoms. The fourth-order valence-corrected chi connectivity index (χ4v) is 2.77. The second-order valence-electron chi connectivity index (χ2n) is 5.96. The number of halogens is 1. The van der Waals surface area contributed by atoms with Crippen LogP contribution in [0.3, 0.4) is 0 Å². The molecule has 0 atom stereocenters. The Morgan fingerprint density at radius 1 is 1.29 bits per heavy atom. The smallest absolute Gasteiger partial charge is 0.193 e. The summed E-state index contributed by atoms with van der Waals surface area (Å²) in [6.45, 7) is 6.32. The number of fused-ring (bicyclic) bond motifs is 1. The van der Waals surface area contributed by atoms with Crippen LogP contribution < -0.4 is 20.5 Å². The van der Waals surface area contributed by atoms with Gasteiger partial charge in [0.15, 0.2) is 17.5 Å². The van der Waals surface area contributed by atoms with Gasteiger partial charge in [-0.2, -0.15) is 0 Å². The van der Waals surface area contributed by atoms with Gasteiger partial charge in [-0.3, -0.25) is 9.89 Å². The number of aliphatic imine (C=N–C) groups is 1. The average molecular weight is 446 g/mol.